The lowest BCUT2D eigenvalue weighted by Gasteiger charge is -2.31. The maximum Gasteiger partial charge on any atom is 0.240 e. The van der Waals surface area contributed by atoms with Gasteiger partial charge in [0.2, 0.25) is 5.91 Å². The average molecular weight is 225 g/mol. The van der Waals surface area contributed by atoms with Gasteiger partial charge in [-0.1, -0.05) is 0 Å². The van der Waals surface area contributed by atoms with Gasteiger partial charge in [0.15, 0.2) is 0 Å². The first-order valence-corrected chi connectivity index (χ1v) is 5.20. The topological polar surface area (TPSA) is 106 Å². The Hall–Kier alpha value is -1.47. The van der Waals surface area contributed by atoms with Crippen LogP contribution in [0.4, 0.5) is 0 Å². The molecule has 1 fully saturated rings. The molecule has 16 heavy (non-hydrogen) atoms. The lowest BCUT2D eigenvalue weighted by atomic mass is 9.90. The van der Waals surface area contributed by atoms with E-state index in [1.54, 1.807) is 0 Å². The second kappa shape index (κ2) is 4.58. The molecule has 2 heterocycles. The normalized spacial score (nSPS) is 19.3. The van der Waals surface area contributed by atoms with Crippen molar-refractivity contribution >= 4 is 5.91 Å². The molecule has 0 unspecified atom stereocenters. The summed E-state index contributed by atoms with van der Waals surface area (Å²) >= 11 is 0. The number of hydrogen-bond acceptors (Lipinski definition) is 5. The Kier molecular flexibility index (Phi) is 3.16. The Morgan fingerprint density at radius 2 is 2.38 bits per heavy atom. The zero-order valence-corrected chi connectivity index (χ0v) is 8.90. The number of H-pyrrole nitrogens is 1. The molecular weight excluding hydrogens is 210 g/mol. The fourth-order valence-corrected chi connectivity index (χ4v) is 1.62. The van der Waals surface area contributed by atoms with E-state index >= 15 is 0 Å². The van der Waals surface area contributed by atoms with Gasteiger partial charge < -0.3 is 15.8 Å². The Morgan fingerprint density at radius 3 is 3.00 bits per heavy atom. The molecule has 7 nitrogen and oxygen atoms in total. The van der Waals surface area contributed by atoms with Gasteiger partial charge in [0.25, 0.3) is 0 Å². The first kappa shape index (κ1) is 11.0. The van der Waals surface area contributed by atoms with Crippen molar-refractivity contribution in [3.8, 4) is 0 Å². The molecule has 2 rings (SSSR count). The molecule has 1 amide bonds. The number of nitrogens with two attached hydrogens (primary N) is 1. The SMILES string of the molecule is NC1(C(=O)NCc2ncn[nH]2)CCOCC1. The maximum atomic E-state index is 11.9. The van der Waals surface area contributed by atoms with Crippen molar-refractivity contribution in [2.24, 2.45) is 5.73 Å². The number of carbonyl (C=O) groups excluding carboxylic acids is 1. The van der Waals surface area contributed by atoms with Gasteiger partial charge in [0, 0.05) is 13.2 Å². The van der Waals surface area contributed by atoms with E-state index in [2.05, 4.69) is 20.5 Å². The number of rotatable bonds is 3. The van der Waals surface area contributed by atoms with E-state index in [0.29, 0.717) is 38.4 Å². The van der Waals surface area contributed by atoms with E-state index in [0.717, 1.165) is 0 Å². The highest BCUT2D eigenvalue weighted by atomic mass is 16.5. The number of hydrogen-bond donors (Lipinski definition) is 3. The van der Waals surface area contributed by atoms with Crippen LogP contribution in [0.2, 0.25) is 0 Å². The summed E-state index contributed by atoms with van der Waals surface area (Å²) in [6.07, 6.45) is 2.50. The van der Waals surface area contributed by atoms with Crippen molar-refractivity contribution in [1.82, 2.24) is 20.5 Å². The van der Waals surface area contributed by atoms with Crippen LogP contribution in [-0.2, 0) is 16.1 Å². The molecule has 0 atom stereocenters. The number of carbonyl (C=O) groups is 1. The molecule has 0 aromatic carbocycles. The smallest absolute Gasteiger partial charge is 0.240 e. The number of nitrogens with one attached hydrogen (secondary N) is 2. The van der Waals surface area contributed by atoms with Gasteiger partial charge in [-0.3, -0.25) is 9.89 Å². The summed E-state index contributed by atoms with van der Waals surface area (Å²) < 4.78 is 5.18. The highest BCUT2D eigenvalue weighted by molar-refractivity contribution is 5.86. The number of amides is 1. The fourth-order valence-electron chi connectivity index (χ4n) is 1.62. The fraction of sp³-hybridized carbons (Fsp3) is 0.667. The first-order valence-electron chi connectivity index (χ1n) is 5.20. The minimum atomic E-state index is -0.807. The summed E-state index contributed by atoms with van der Waals surface area (Å²) in [4.78, 5) is 15.8. The van der Waals surface area contributed by atoms with Gasteiger partial charge >= 0.3 is 0 Å². The van der Waals surface area contributed by atoms with Crippen LogP contribution in [-0.4, -0.2) is 39.8 Å². The van der Waals surface area contributed by atoms with E-state index in [-0.39, 0.29) is 5.91 Å². The van der Waals surface area contributed by atoms with Gasteiger partial charge in [-0.25, -0.2) is 4.98 Å². The van der Waals surface area contributed by atoms with Gasteiger partial charge in [-0.2, -0.15) is 5.10 Å². The van der Waals surface area contributed by atoms with Crippen LogP contribution in [0.1, 0.15) is 18.7 Å². The molecule has 0 spiro atoms. The molecule has 88 valence electrons. The molecule has 7 heteroatoms. The molecule has 1 aliphatic rings. The standard InChI is InChI=1S/C9H15N5O2/c10-9(1-3-16-4-2-9)8(15)11-5-7-12-6-13-14-7/h6H,1-5,10H2,(H,11,15)(H,12,13,14). The van der Waals surface area contributed by atoms with E-state index < -0.39 is 5.54 Å². The highest BCUT2D eigenvalue weighted by Crippen LogP contribution is 2.17. The highest BCUT2D eigenvalue weighted by Gasteiger charge is 2.35. The van der Waals surface area contributed by atoms with Crippen molar-refractivity contribution < 1.29 is 9.53 Å². The molecule has 1 aliphatic heterocycles. The molecule has 1 aromatic heterocycles. The molecule has 0 aliphatic carbocycles. The molecule has 4 N–H and O–H groups in total. The van der Waals surface area contributed by atoms with E-state index in [4.69, 9.17) is 10.5 Å². The zero-order chi connectivity index (χ0) is 11.4. The summed E-state index contributed by atoms with van der Waals surface area (Å²) in [5, 5.41) is 9.10. The van der Waals surface area contributed by atoms with Crippen molar-refractivity contribution in [2.75, 3.05) is 13.2 Å². The van der Waals surface area contributed by atoms with Crippen molar-refractivity contribution in [1.29, 1.82) is 0 Å². The molecule has 1 saturated heterocycles. The first-order chi connectivity index (χ1) is 7.71. The van der Waals surface area contributed by atoms with Crippen LogP contribution in [0.5, 0.6) is 0 Å². The number of aromatic nitrogens is 3. The van der Waals surface area contributed by atoms with Crippen molar-refractivity contribution in [2.45, 2.75) is 24.9 Å². The summed E-state index contributed by atoms with van der Waals surface area (Å²) in [6, 6.07) is 0. The summed E-state index contributed by atoms with van der Waals surface area (Å²) in [5.41, 5.74) is 5.20. The van der Waals surface area contributed by atoms with Crippen LogP contribution in [0.15, 0.2) is 6.33 Å². The third kappa shape index (κ3) is 2.37. The van der Waals surface area contributed by atoms with Gasteiger partial charge in [0.1, 0.15) is 12.2 Å². The maximum absolute atomic E-state index is 11.9. The average Bonchev–Trinajstić information content (AvgIpc) is 2.79. The van der Waals surface area contributed by atoms with E-state index in [1.807, 2.05) is 0 Å². The lowest BCUT2D eigenvalue weighted by Crippen LogP contribution is -2.56. The van der Waals surface area contributed by atoms with Crippen LogP contribution >= 0.6 is 0 Å². The number of nitrogens with zero attached hydrogens (tertiary/aromatic N) is 2. The van der Waals surface area contributed by atoms with E-state index in [1.165, 1.54) is 6.33 Å². The largest absolute Gasteiger partial charge is 0.381 e. The Balaban J connectivity index is 1.87. The van der Waals surface area contributed by atoms with Crippen LogP contribution in [0.3, 0.4) is 0 Å². The monoisotopic (exact) mass is 225 g/mol. The quantitative estimate of drug-likeness (QED) is 0.607. The van der Waals surface area contributed by atoms with E-state index in [9.17, 15) is 4.79 Å². The summed E-state index contributed by atoms with van der Waals surface area (Å²) in [7, 11) is 0. The Bertz CT molecular complexity index is 345. The van der Waals surface area contributed by atoms with Gasteiger partial charge in [-0.15, -0.1) is 0 Å². The molecular formula is C9H15N5O2. The molecule has 0 bridgehead atoms. The van der Waals surface area contributed by atoms with Crippen LogP contribution < -0.4 is 11.1 Å². The zero-order valence-electron chi connectivity index (χ0n) is 8.90. The van der Waals surface area contributed by atoms with Gasteiger partial charge in [-0.05, 0) is 12.8 Å². The summed E-state index contributed by atoms with van der Waals surface area (Å²) in [6.45, 7) is 1.39. The van der Waals surface area contributed by atoms with Gasteiger partial charge in [0.05, 0.1) is 12.1 Å². The van der Waals surface area contributed by atoms with Crippen molar-refractivity contribution in [3.63, 3.8) is 0 Å². The Labute approximate surface area is 92.8 Å². The molecule has 1 aromatic rings. The number of ether oxygens (including phenoxy) is 1. The third-order valence-electron chi connectivity index (χ3n) is 2.72. The predicted octanol–water partition coefficient (Wildman–Crippen LogP) is -1.07. The molecule has 0 radical (unpaired) electrons. The number of aromatic amines is 1. The lowest BCUT2D eigenvalue weighted by molar-refractivity contribution is -0.129. The minimum absolute atomic E-state index is 0.160. The van der Waals surface area contributed by atoms with Crippen LogP contribution in [0.25, 0.3) is 0 Å². The summed E-state index contributed by atoms with van der Waals surface area (Å²) in [5.74, 6) is 0.455. The third-order valence-corrected chi connectivity index (χ3v) is 2.72. The second-order valence-corrected chi connectivity index (χ2v) is 3.88. The minimum Gasteiger partial charge on any atom is -0.381 e. The van der Waals surface area contributed by atoms with Crippen LogP contribution in [0, 0.1) is 0 Å². The predicted molar refractivity (Wildman–Crippen MR) is 55.2 cm³/mol. The van der Waals surface area contributed by atoms with Crippen molar-refractivity contribution in [3.05, 3.63) is 12.2 Å². The molecule has 0 saturated carbocycles. The Morgan fingerprint density at radius 1 is 1.62 bits per heavy atom. The second-order valence-electron chi connectivity index (χ2n) is 3.88.